The number of aliphatic hydroxyl groups excluding tert-OH is 2. The highest BCUT2D eigenvalue weighted by Gasteiger charge is 2.18. The normalized spacial score (nSPS) is 11.6. The second-order valence-electron chi connectivity index (χ2n) is 3.39. The van der Waals surface area contributed by atoms with Crippen molar-refractivity contribution in [2.75, 3.05) is 20.3 Å². The maximum atomic E-state index is 11.5. The molecule has 8 heteroatoms. The summed E-state index contributed by atoms with van der Waals surface area (Å²) in [5.41, 5.74) is 0. The molecule has 0 unspecified atom stereocenters. The predicted octanol–water partition coefficient (Wildman–Crippen LogP) is -0.738. The van der Waals surface area contributed by atoms with Crippen LogP contribution in [0.1, 0.15) is 0 Å². The Morgan fingerprint density at radius 1 is 1.17 bits per heavy atom. The fourth-order valence-electron chi connectivity index (χ4n) is 1.12. The van der Waals surface area contributed by atoms with Crippen LogP contribution in [0.25, 0.3) is 0 Å². The first-order chi connectivity index (χ1) is 8.50. The van der Waals surface area contributed by atoms with Crippen molar-refractivity contribution in [3.63, 3.8) is 0 Å². The van der Waals surface area contributed by atoms with Crippen LogP contribution in [0.4, 0.5) is 0 Å². The van der Waals surface area contributed by atoms with E-state index in [1.165, 1.54) is 19.2 Å². The minimum atomic E-state index is -4.09. The van der Waals surface area contributed by atoms with Crippen LogP contribution in [0.15, 0.2) is 24.3 Å². The zero-order chi connectivity index (χ0) is 13.6. The molecule has 0 heterocycles. The Morgan fingerprint density at radius 2 is 1.67 bits per heavy atom. The molecule has 0 aliphatic heterocycles. The second-order valence-corrected chi connectivity index (χ2v) is 4.70. The fraction of sp³-hybridized carbons (Fsp3) is 0.400. The molecule has 0 spiro atoms. The van der Waals surface area contributed by atoms with Gasteiger partial charge in [-0.05, 0) is 24.3 Å². The van der Waals surface area contributed by atoms with E-state index in [9.17, 15) is 8.42 Å². The molecular formula is C10H15NO6S. The Bertz CT molecular complexity index is 454. The quantitative estimate of drug-likeness (QED) is 0.606. The van der Waals surface area contributed by atoms with Crippen molar-refractivity contribution in [2.24, 2.45) is 0 Å². The van der Waals surface area contributed by atoms with Gasteiger partial charge in [-0.1, -0.05) is 0 Å². The highest BCUT2D eigenvalue weighted by molar-refractivity contribution is 7.85. The lowest BCUT2D eigenvalue weighted by molar-refractivity contribution is 0.183. The molecule has 0 bridgehead atoms. The van der Waals surface area contributed by atoms with Gasteiger partial charge in [0, 0.05) is 0 Å². The molecule has 0 saturated heterocycles. The van der Waals surface area contributed by atoms with Crippen LogP contribution in [0.5, 0.6) is 11.5 Å². The summed E-state index contributed by atoms with van der Waals surface area (Å²) < 4.78 is 34.6. The summed E-state index contributed by atoms with van der Waals surface area (Å²) in [4.78, 5) is 0. The van der Waals surface area contributed by atoms with Gasteiger partial charge in [0.25, 0.3) is 0 Å². The zero-order valence-corrected chi connectivity index (χ0v) is 10.6. The Balaban J connectivity index is 2.69. The van der Waals surface area contributed by atoms with E-state index in [0.717, 1.165) is 0 Å². The standard InChI is InChI=1S/C10H15NO6S/c1-16-9-2-4-10(5-3-9)17-18(14,15)11-8(6-12)7-13/h2-5,8,11-13H,6-7H2,1H3. The Hall–Kier alpha value is -1.35. The molecular weight excluding hydrogens is 262 g/mol. The largest absolute Gasteiger partial charge is 0.497 e. The molecule has 0 atom stereocenters. The van der Waals surface area contributed by atoms with Crippen LogP contribution < -0.4 is 13.6 Å². The highest BCUT2D eigenvalue weighted by Crippen LogP contribution is 2.18. The Morgan fingerprint density at radius 3 is 2.11 bits per heavy atom. The summed E-state index contributed by atoms with van der Waals surface area (Å²) >= 11 is 0. The van der Waals surface area contributed by atoms with Crippen LogP contribution in [-0.4, -0.2) is 45.0 Å². The fourth-order valence-corrected chi connectivity index (χ4v) is 2.09. The monoisotopic (exact) mass is 277 g/mol. The molecule has 0 aliphatic carbocycles. The van der Waals surface area contributed by atoms with E-state index in [1.54, 1.807) is 12.1 Å². The van der Waals surface area contributed by atoms with Crippen molar-refractivity contribution in [2.45, 2.75) is 6.04 Å². The molecule has 0 amide bonds. The lowest BCUT2D eigenvalue weighted by Crippen LogP contribution is -2.42. The number of hydrogen-bond acceptors (Lipinski definition) is 6. The molecule has 0 radical (unpaired) electrons. The summed E-state index contributed by atoms with van der Waals surface area (Å²) in [7, 11) is -2.60. The molecule has 1 aromatic rings. The minimum Gasteiger partial charge on any atom is -0.497 e. The maximum Gasteiger partial charge on any atom is 0.383 e. The topological polar surface area (TPSA) is 105 Å². The number of benzene rings is 1. The second kappa shape index (κ2) is 6.55. The molecule has 7 nitrogen and oxygen atoms in total. The van der Waals surface area contributed by atoms with Gasteiger partial charge in [-0.15, -0.1) is 0 Å². The molecule has 1 aromatic carbocycles. The van der Waals surface area contributed by atoms with Crippen LogP contribution in [0.2, 0.25) is 0 Å². The molecule has 3 N–H and O–H groups in total. The van der Waals surface area contributed by atoms with Gasteiger partial charge in [-0.2, -0.15) is 13.1 Å². The smallest absolute Gasteiger partial charge is 0.383 e. The van der Waals surface area contributed by atoms with E-state index < -0.39 is 29.6 Å². The first-order valence-corrected chi connectivity index (χ1v) is 6.49. The summed E-state index contributed by atoms with van der Waals surface area (Å²) in [5.74, 6) is 0.661. The van der Waals surface area contributed by atoms with Gasteiger partial charge >= 0.3 is 10.3 Å². The van der Waals surface area contributed by atoms with E-state index in [1.807, 2.05) is 4.72 Å². The molecule has 0 aliphatic rings. The van der Waals surface area contributed by atoms with Crippen LogP contribution in [-0.2, 0) is 10.3 Å². The van der Waals surface area contributed by atoms with Gasteiger partial charge in [0.2, 0.25) is 0 Å². The summed E-state index contributed by atoms with van der Waals surface area (Å²) in [5, 5.41) is 17.5. The SMILES string of the molecule is COc1ccc(OS(=O)(=O)NC(CO)CO)cc1. The predicted molar refractivity (Wildman–Crippen MR) is 63.6 cm³/mol. The summed E-state index contributed by atoms with van der Waals surface area (Å²) in [6.07, 6.45) is 0. The molecule has 0 aromatic heterocycles. The summed E-state index contributed by atoms with van der Waals surface area (Å²) in [6, 6.07) is 4.93. The lowest BCUT2D eigenvalue weighted by Gasteiger charge is -2.13. The molecule has 102 valence electrons. The average molecular weight is 277 g/mol. The third-order valence-corrected chi connectivity index (χ3v) is 3.05. The molecule has 0 fully saturated rings. The zero-order valence-electron chi connectivity index (χ0n) is 9.74. The van der Waals surface area contributed by atoms with Crippen LogP contribution in [0, 0.1) is 0 Å². The maximum absolute atomic E-state index is 11.5. The van der Waals surface area contributed by atoms with Crippen molar-refractivity contribution < 1.29 is 27.6 Å². The highest BCUT2D eigenvalue weighted by atomic mass is 32.2. The number of nitrogens with one attached hydrogen (secondary N) is 1. The van der Waals surface area contributed by atoms with E-state index in [2.05, 4.69) is 0 Å². The first kappa shape index (κ1) is 14.7. The van der Waals surface area contributed by atoms with Crippen LogP contribution in [0.3, 0.4) is 0 Å². The third kappa shape index (κ3) is 4.49. The van der Waals surface area contributed by atoms with Crippen molar-refractivity contribution in [3.05, 3.63) is 24.3 Å². The van der Waals surface area contributed by atoms with Gasteiger partial charge < -0.3 is 19.1 Å². The summed E-state index contributed by atoms with van der Waals surface area (Å²) in [6.45, 7) is -1.05. The van der Waals surface area contributed by atoms with E-state index in [4.69, 9.17) is 19.1 Å². The number of methoxy groups -OCH3 is 1. The number of rotatable bonds is 7. The lowest BCUT2D eigenvalue weighted by atomic mass is 10.3. The van der Waals surface area contributed by atoms with Crippen molar-refractivity contribution in [1.82, 2.24) is 4.72 Å². The van der Waals surface area contributed by atoms with Gasteiger partial charge in [0.15, 0.2) is 0 Å². The van der Waals surface area contributed by atoms with Gasteiger partial charge in [-0.3, -0.25) is 0 Å². The Labute approximate surface area is 105 Å². The number of hydrogen-bond donors (Lipinski definition) is 3. The van der Waals surface area contributed by atoms with Gasteiger partial charge in [0.05, 0.1) is 26.4 Å². The molecule has 0 saturated carbocycles. The van der Waals surface area contributed by atoms with Gasteiger partial charge in [0.1, 0.15) is 11.5 Å². The van der Waals surface area contributed by atoms with E-state index >= 15 is 0 Å². The van der Waals surface area contributed by atoms with E-state index in [-0.39, 0.29) is 5.75 Å². The Kier molecular flexibility index (Phi) is 5.35. The average Bonchev–Trinajstić information content (AvgIpc) is 2.36. The number of aliphatic hydroxyl groups is 2. The van der Waals surface area contributed by atoms with Gasteiger partial charge in [-0.25, -0.2) is 0 Å². The molecule has 1 rings (SSSR count). The number of ether oxygens (including phenoxy) is 1. The van der Waals surface area contributed by atoms with E-state index in [0.29, 0.717) is 5.75 Å². The minimum absolute atomic E-state index is 0.0953. The van der Waals surface area contributed by atoms with Crippen LogP contribution >= 0.6 is 0 Å². The first-order valence-electron chi connectivity index (χ1n) is 5.08. The molecule has 18 heavy (non-hydrogen) atoms. The third-order valence-electron chi connectivity index (χ3n) is 2.02. The van der Waals surface area contributed by atoms with Crippen molar-refractivity contribution in [1.29, 1.82) is 0 Å². The van der Waals surface area contributed by atoms with Crippen molar-refractivity contribution in [3.8, 4) is 11.5 Å². The van der Waals surface area contributed by atoms with Crippen molar-refractivity contribution >= 4 is 10.3 Å².